The van der Waals surface area contributed by atoms with Crippen molar-refractivity contribution in [1.29, 1.82) is 0 Å². The van der Waals surface area contributed by atoms with Crippen molar-refractivity contribution < 1.29 is 18.8 Å². The Bertz CT molecular complexity index is 476. The normalized spacial score (nSPS) is 12.8. The van der Waals surface area contributed by atoms with Gasteiger partial charge in [-0.25, -0.2) is 4.79 Å². The van der Waals surface area contributed by atoms with Crippen LogP contribution in [0.15, 0.2) is 4.52 Å². The number of ether oxygens (including phenoxy) is 1. The highest BCUT2D eigenvalue weighted by Gasteiger charge is 2.23. The molecule has 0 spiro atoms. The predicted octanol–water partition coefficient (Wildman–Crippen LogP) is 1.16. The van der Waals surface area contributed by atoms with E-state index < -0.39 is 17.6 Å². The van der Waals surface area contributed by atoms with Gasteiger partial charge in [-0.05, 0) is 34.6 Å². The van der Waals surface area contributed by atoms with Gasteiger partial charge in [0, 0.05) is 12.8 Å². The van der Waals surface area contributed by atoms with E-state index in [1.54, 1.807) is 34.6 Å². The second-order valence-corrected chi connectivity index (χ2v) is 5.56. The molecule has 1 heterocycles. The van der Waals surface area contributed by atoms with Crippen LogP contribution in [0.25, 0.3) is 0 Å². The van der Waals surface area contributed by atoms with Crippen molar-refractivity contribution in [2.45, 2.75) is 59.1 Å². The van der Waals surface area contributed by atoms with Crippen LogP contribution in [0.3, 0.4) is 0 Å². The molecular formula is C13H21N3O4. The number of aromatic nitrogens is 2. The molecule has 1 atom stereocenters. The van der Waals surface area contributed by atoms with Crippen LogP contribution in [0, 0.1) is 6.92 Å². The van der Waals surface area contributed by atoms with Crippen molar-refractivity contribution >= 4 is 11.9 Å². The van der Waals surface area contributed by atoms with Gasteiger partial charge in [0.05, 0.1) is 0 Å². The number of carbonyl (C=O) groups is 2. The molecule has 1 amide bonds. The van der Waals surface area contributed by atoms with Gasteiger partial charge in [0.15, 0.2) is 5.82 Å². The SMILES string of the molecule is Cc1noc(CCC(=O)N[C@H](C)C(=O)OC(C)(C)C)n1. The van der Waals surface area contributed by atoms with Crippen LogP contribution in [0.2, 0.25) is 0 Å². The molecule has 0 saturated carbocycles. The van der Waals surface area contributed by atoms with Gasteiger partial charge in [0.1, 0.15) is 11.6 Å². The first-order valence-corrected chi connectivity index (χ1v) is 6.49. The van der Waals surface area contributed by atoms with Gasteiger partial charge in [-0.3, -0.25) is 4.79 Å². The van der Waals surface area contributed by atoms with Crippen LogP contribution in [-0.4, -0.2) is 33.7 Å². The molecule has 20 heavy (non-hydrogen) atoms. The quantitative estimate of drug-likeness (QED) is 0.815. The summed E-state index contributed by atoms with van der Waals surface area (Å²) in [5, 5.41) is 6.21. The zero-order valence-electron chi connectivity index (χ0n) is 12.5. The lowest BCUT2D eigenvalue weighted by Crippen LogP contribution is -2.42. The molecule has 0 radical (unpaired) electrons. The monoisotopic (exact) mass is 283 g/mol. The van der Waals surface area contributed by atoms with Crippen LogP contribution in [0.1, 0.15) is 45.8 Å². The zero-order valence-corrected chi connectivity index (χ0v) is 12.5. The Hall–Kier alpha value is -1.92. The van der Waals surface area contributed by atoms with E-state index in [0.29, 0.717) is 18.1 Å². The Morgan fingerprint density at radius 1 is 1.40 bits per heavy atom. The number of amides is 1. The third-order valence-electron chi connectivity index (χ3n) is 2.27. The molecule has 0 bridgehead atoms. The summed E-state index contributed by atoms with van der Waals surface area (Å²) in [5.41, 5.74) is -0.572. The number of esters is 1. The third-order valence-corrected chi connectivity index (χ3v) is 2.27. The summed E-state index contributed by atoms with van der Waals surface area (Å²) in [6, 6.07) is -0.689. The second-order valence-electron chi connectivity index (χ2n) is 5.56. The topological polar surface area (TPSA) is 94.3 Å². The number of rotatable bonds is 5. The van der Waals surface area contributed by atoms with E-state index >= 15 is 0 Å². The molecule has 0 saturated heterocycles. The van der Waals surface area contributed by atoms with Crippen molar-refractivity contribution in [3.8, 4) is 0 Å². The minimum absolute atomic E-state index is 0.175. The van der Waals surface area contributed by atoms with E-state index in [0.717, 1.165) is 0 Å². The Morgan fingerprint density at radius 2 is 2.05 bits per heavy atom. The standard InChI is InChI=1S/C13H21N3O4/c1-8(12(18)19-13(3,4)5)14-10(17)6-7-11-15-9(2)16-20-11/h8H,6-7H2,1-5H3,(H,14,17)/t8-/m1/s1. The van der Waals surface area contributed by atoms with Crippen molar-refractivity contribution in [1.82, 2.24) is 15.5 Å². The first-order chi connectivity index (χ1) is 9.17. The lowest BCUT2D eigenvalue weighted by Gasteiger charge is -2.22. The van der Waals surface area contributed by atoms with Gasteiger partial charge >= 0.3 is 5.97 Å². The van der Waals surface area contributed by atoms with Crippen molar-refractivity contribution in [3.63, 3.8) is 0 Å². The molecule has 1 rings (SSSR count). The van der Waals surface area contributed by atoms with Crippen LogP contribution in [0.4, 0.5) is 0 Å². The Kier molecular flexibility index (Phi) is 5.24. The number of hydrogen-bond donors (Lipinski definition) is 1. The van der Waals surface area contributed by atoms with E-state index in [2.05, 4.69) is 15.5 Å². The summed E-state index contributed by atoms with van der Waals surface area (Å²) in [6.07, 6.45) is 0.516. The molecule has 0 aliphatic carbocycles. The van der Waals surface area contributed by atoms with Crippen LogP contribution in [0.5, 0.6) is 0 Å². The minimum Gasteiger partial charge on any atom is -0.458 e. The number of nitrogens with zero attached hydrogens (tertiary/aromatic N) is 2. The fourth-order valence-corrected chi connectivity index (χ4v) is 1.42. The number of carbonyl (C=O) groups excluding carboxylic acids is 2. The van der Waals surface area contributed by atoms with Crippen LogP contribution < -0.4 is 5.32 Å². The maximum absolute atomic E-state index is 11.7. The van der Waals surface area contributed by atoms with Crippen molar-refractivity contribution in [3.05, 3.63) is 11.7 Å². The van der Waals surface area contributed by atoms with Crippen LogP contribution >= 0.6 is 0 Å². The molecular weight excluding hydrogens is 262 g/mol. The Morgan fingerprint density at radius 3 is 2.55 bits per heavy atom. The lowest BCUT2D eigenvalue weighted by molar-refractivity contribution is -0.158. The van der Waals surface area contributed by atoms with Crippen molar-refractivity contribution in [2.75, 3.05) is 0 Å². The summed E-state index contributed by atoms with van der Waals surface area (Å²) >= 11 is 0. The average molecular weight is 283 g/mol. The third kappa shape index (κ3) is 5.81. The summed E-state index contributed by atoms with van der Waals surface area (Å²) in [4.78, 5) is 27.4. The molecule has 0 unspecified atom stereocenters. The van der Waals surface area contributed by atoms with Gasteiger partial charge in [-0.15, -0.1) is 0 Å². The van der Waals surface area contributed by atoms with Gasteiger partial charge in [0.25, 0.3) is 0 Å². The Balaban J connectivity index is 2.36. The molecule has 0 aromatic carbocycles. The molecule has 0 aliphatic rings. The molecule has 0 aliphatic heterocycles. The highest BCUT2D eigenvalue weighted by molar-refractivity contribution is 5.84. The van der Waals surface area contributed by atoms with E-state index in [1.807, 2.05) is 0 Å². The summed E-state index contributed by atoms with van der Waals surface area (Å²) in [7, 11) is 0. The number of hydrogen-bond acceptors (Lipinski definition) is 6. The van der Waals surface area contributed by atoms with E-state index in [9.17, 15) is 9.59 Å². The minimum atomic E-state index is -0.689. The predicted molar refractivity (Wildman–Crippen MR) is 70.8 cm³/mol. The Labute approximate surface area is 118 Å². The van der Waals surface area contributed by atoms with Crippen molar-refractivity contribution in [2.24, 2.45) is 0 Å². The number of nitrogens with one attached hydrogen (secondary N) is 1. The maximum Gasteiger partial charge on any atom is 0.328 e. The van der Waals surface area contributed by atoms with E-state index in [1.165, 1.54) is 0 Å². The smallest absolute Gasteiger partial charge is 0.328 e. The molecule has 1 aromatic rings. The summed E-state index contributed by atoms with van der Waals surface area (Å²) < 4.78 is 10.1. The highest BCUT2D eigenvalue weighted by atomic mass is 16.6. The molecule has 112 valence electrons. The van der Waals surface area contributed by atoms with Gasteiger partial charge in [-0.1, -0.05) is 5.16 Å². The second kappa shape index (κ2) is 6.49. The summed E-state index contributed by atoms with van der Waals surface area (Å²) in [5.74, 6) is 0.212. The molecule has 7 heteroatoms. The van der Waals surface area contributed by atoms with Crippen LogP contribution in [-0.2, 0) is 20.7 Å². The first-order valence-electron chi connectivity index (χ1n) is 6.49. The van der Waals surface area contributed by atoms with Gasteiger partial charge < -0.3 is 14.6 Å². The average Bonchev–Trinajstić information content (AvgIpc) is 2.70. The maximum atomic E-state index is 11.7. The first kappa shape index (κ1) is 16.1. The lowest BCUT2D eigenvalue weighted by atomic mass is 10.2. The molecule has 1 aromatic heterocycles. The largest absolute Gasteiger partial charge is 0.458 e. The fraction of sp³-hybridized carbons (Fsp3) is 0.692. The number of aryl methyl sites for hydroxylation is 2. The van der Waals surface area contributed by atoms with E-state index in [4.69, 9.17) is 9.26 Å². The van der Waals surface area contributed by atoms with E-state index in [-0.39, 0.29) is 12.3 Å². The highest BCUT2D eigenvalue weighted by Crippen LogP contribution is 2.08. The van der Waals surface area contributed by atoms with Gasteiger partial charge in [-0.2, -0.15) is 4.98 Å². The fourth-order valence-electron chi connectivity index (χ4n) is 1.42. The summed E-state index contributed by atoms with van der Waals surface area (Å²) in [6.45, 7) is 8.62. The molecule has 7 nitrogen and oxygen atoms in total. The molecule has 0 fully saturated rings. The molecule has 1 N–H and O–H groups in total. The zero-order chi connectivity index (χ0) is 15.3. The van der Waals surface area contributed by atoms with Gasteiger partial charge in [0.2, 0.25) is 11.8 Å².